The van der Waals surface area contributed by atoms with E-state index in [0.29, 0.717) is 45.8 Å². The third-order valence-electron chi connectivity index (χ3n) is 12.6. The van der Waals surface area contributed by atoms with Gasteiger partial charge in [0.2, 0.25) is 0 Å². The number of alkyl halides is 6. The zero-order chi connectivity index (χ0) is 55.4. The van der Waals surface area contributed by atoms with Crippen LogP contribution in [-0.4, -0.2) is 84.2 Å². The maximum Gasteiger partial charge on any atom is 0.417 e. The lowest BCUT2D eigenvalue weighted by atomic mass is 9.99. The van der Waals surface area contributed by atoms with Crippen molar-refractivity contribution in [2.24, 2.45) is 0 Å². The summed E-state index contributed by atoms with van der Waals surface area (Å²) in [6.07, 6.45) is -8.68. The molecule has 1 fully saturated rings. The molecule has 14 nitrogen and oxygen atoms in total. The van der Waals surface area contributed by atoms with Crippen LogP contribution in [0.1, 0.15) is 70.6 Å². The quantitative estimate of drug-likeness (QED) is 0.0529. The highest BCUT2D eigenvalue weighted by atomic mass is 19.4. The largest absolute Gasteiger partial charge is 0.457 e. The number of fused-ring (bicyclic) bond motifs is 2. The van der Waals surface area contributed by atoms with Gasteiger partial charge in [-0.1, -0.05) is 24.3 Å². The lowest BCUT2D eigenvalue weighted by Gasteiger charge is -2.18. The van der Waals surface area contributed by atoms with Crippen molar-refractivity contribution in [1.29, 1.82) is 10.5 Å². The van der Waals surface area contributed by atoms with Gasteiger partial charge >= 0.3 is 12.4 Å². The average molecular weight is 1070 g/mol. The van der Waals surface area contributed by atoms with Crippen molar-refractivity contribution in [2.45, 2.75) is 69.2 Å². The minimum atomic E-state index is -4.65. The summed E-state index contributed by atoms with van der Waals surface area (Å²) in [6, 6.07) is 33.8. The summed E-state index contributed by atoms with van der Waals surface area (Å²) in [5.41, 5.74) is 2.78. The minimum Gasteiger partial charge on any atom is -0.457 e. The molecule has 1 aliphatic rings. The Bertz CT molecular complexity index is 3470. The summed E-state index contributed by atoms with van der Waals surface area (Å²) in [4.78, 5) is 0. The van der Waals surface area contributed by atoms with Crippen molar-refractivity contribution < 1.29 is 75.9 Å². The smallest absolute Gasteiger partial charge is 0.417 e. The van der Waals surface area contributed by atoms with Gasteiger partial charge in [0.05, 0.1) is 84.1 Å². The number of aliphatic hydroxyl groups excluding tert-OH is 6. The van der Waals surface area contributed by atoms with Crippen LogP contribution in [0.25, 0.3) is 33.2 Å². The molecule has 6 N–H and O–H groups in total. The summed E-state index contributed by atoms with van der Waals surface area (Å²) >= 11 is 0. The van der Waals surface area contributed by atoms with Gasteiger partial charge in [-0.15, -0.1) is 0 Å². The Labute approximate surface area is 436 Å². The first-order valence-electron chi connectivity index (χ1n) is 23.9. The van der Waals surface area contributed by atoms with E-state index in [1.54, 1.807) is 79.0 Å². The van der Waals surface area contributed by atoms with Gasteiger partial charge in [-0.2, -0.15) is 36.9 Å². The van der Waals surface area contributed by atoms with E-state index in [4.69, 9.17) is 29.5 Å². The normalized spacial score (nSPS) is 15.6. The molecule has 6 aromatic carbocycles. The highest BCUT2D eigenvalue weighted by molar-refractivity contribution is 5.90. The number of aromatic nitrogens is 2. The number of halogens is 6. The fourth-order valence-electron chi connectivity index (χ4n) is 9.13. The van der Waals surface area contributed by atoms with Crippen LogP contribution in [0.5, 0.6) is 23.0 Å². The van der Waals surface area contributed by atoms with Crippen molar-refractivity contribution in [3.8, 4) is 46.5 Å². The van der Waals surface area contributed by atoms with Crippen molar-refractivity contribution in [2.75, 3.05) is 26.4 Å². The fourth-order valence-corrected chi connectivity index (χ4v) is 9.13. The molecule has 0 bridgehead atoms. The number of aliphatic hydroxyl groups is 6. The zero-order valence-corrected chi connectivity index (χ0v) is 41.1. The van der Waals surface area contributed by atoms with Gasteiger partial charge in [-0.3, -0.25) is 0 Å². The van der Waals surface area contributed by atoms with E-state index in [-0.39, 0.29) is 37.1 Å². The third-order valence-corrected chi connectivity index (χ3v) is 12.6. The first kappa shape index (κ1) is 55.5. The predicted octanol–water partition coefficient (Wildman–Crippen LogP) is 10.3. The standard InChI is InChI=1S/C30H27F3N2O5.C27H23F3N2O5/c1-29(2)38-17-27(40-29)24-4-3-5-26-28(24)19(12-21(37)16-36)15-35(26)20-6-8-22(9-7-20)39-23-10-11-25(30(31,32)33)18(13-23)14-34;28-27(29,30)23-9-8-21(11-16(23)12-31)37-20-6-4-18(5-7-20)32-13-17(10-19(35)14-33)26-22(25(36)15-34)2-1-3-24(26)32/h3-11,13,15,21,27,36-37H,12,16-17H2,1-2H3;1-9,11,13,19,25,33-36H,10,14-15H2/t21-,27-;19-,25?/m11/s1. The van der Waals surface area contributed by atoms with E-state index in [1.165, 1.54) is 6.07 Å². The van der Waals surface area contributed by atoms with Gasteiger partial charge in [-0.05, 0) is 133 Å². The molecule has 20 heteroatoms. The van der Waals surface area contributed by atoms with Crippen molar-refractivity contribution in [3.63, 3.8) is 0 Å². The summed E-state index contributed by atoms with van der Waals surface area (Å²) in [6.45, 7) is 2.77. The Morgan fingerprint density at radius 3 is 1.47 bits per heavy atom. The van der Waals surface area contributed by atoms with Crippen molar-refractivity contribution in [3.05, 3.63) is 178 Å². The van der Waals surface area contributed by atoms with Gasteiger partial charge in [-0.25, -0.2) is 0 Å². The van der Waals surface area contributed by atoms with Gasteiger partial charge < -0.3 is 58.7 Å². The molecule has 400 valence electrons. The Hall–Kier alpha value is -7.76. The SMILES string of the molecule is CC1(C)OC[C@H](c2cccc3c2c(C[C@@H](O)CO)cn3-c2ccc(Oc3ccc(C(F)(F)F)c(C#N)c3)cc2)O1.N#Cc1cc(Oc2ccc(-n3cc(C[C@@H](O)CO)c4c(C(O)CO)cccc43)cc2)ccc1C(F)(F)F. The Morgan fingerprint density at radius 1 is 0.610 bits per heavy atom. The molecule has 2 aromatic heterocycles. The molecular weight excluding hydrogens is 1010 g/mol. The fraction of sp³-hybridized carbons (Fsp3) is 0.263. The number of hydrogen-bond acceptors (Lipinski definition) is 12. The number of benzene rings is 6. The highest BCUT2D eigenvalue weighted by Crippen LogP contribution is 2.41. The van der Waals surface area contributed by atoms with E-state index < -0.39 is 71.9 Å². The molecule has 0 radical (unpaired) electrons. The number of hydrogen-bond donors (Lipinski definition) is 6. The maximum absolute atomic E-state index is 13.1. The van der Waals surface area contributed by atoms with Crippen LogP contribution in [0.4, 0.5) is 26.3 Å². The highest BCUT2D eigenvalue weighted by Gasteiger charge is 2.37. The molecule has 0 amide bonds. The molecular formula is C57H50F6N4O10. The van der Waals surface area contributed by atoms with Crippen molar-refractivity contribution >= 4 is 21.8 Å². The Morgan fingerprint density at radius 2 is 1.05 bits per heavy atom. The molecule has 0 aliphatic carbocycles. The molecule has 1 saturated heterocycles. The van der Waals surface area contributed by atoms with E-state index in [9.17, 15) is 57.0 Å². The van der Waals surface area contributed by atoms with Gasteiger partial charge in [0.25, 0.3) is 0 Å². The summed E-state index contributed by atoms with van der Waals surface area (Å²) in [7, 11) is 0. The third kappa shape index (κ3) is 12.4. The monoisotopic (exact) mass is 1060 g/mol. The van der Waals surface area contributed by atoms with E-state index >= 15 is 0 Å². The van der Waals surface area contributed by atoms with Crippen LogP contribution >= 0.6 is 0 Å². The Balaban J connectivity index is 0.000000204. The van der Waals surface area contributed by atoms with Crippen LogP contribution in [0, 0.1) is 22.7 Å². The zero-order valence-electron chi connectivity index (χ0n) is 41.1. The summed E-state index contributed by atoms with van der Waals surface area (Å²) in [5, 5.41) is 78.7. The van der Waals surface area contributed by atoms with Crippen LogP contribution in [-0.2, 0) is 34.7 Å². The molecule has 9 rings (SSSR count). The molecule has 0 spiro atoms. The molecule has 1 aliphatic heterocycles. The molecule has 77 heavy (non-hydrogen) atoms. The number of nitriles is 2. The average Bonchev–Trinajstić information content (AvgIpc) is 4.11. The topological polar surface area (TPSA) is 216 Å². The predicted molar refractivity (Wildman–Crippen MR) is 269 cm³/mol. The lowest BCUT2D eigenvalue weighted by molar-refractivity contribution is -0.139. The minimum absolute atomic E-state index is 0.0756. The van der Waals surface area contributed by atoms with Crippen LogP contribution < -0.4 is 9.47 Å². The first-order chi connectivity index (χ1) is 36.6. The van der Waals surface area contributed by atoms with Crippen LogP contribution in [0.15, 0.2) is 134 Å². The molecule has 3 heterocycles. The number of rotatable bonds is 15. The van der Waals surface area contributed by atoms with Gasteiger partial charge in [0, 0.05) is 47.4 Å². The second-order valence-electron chi connectivity index (χ2n) is 18.5. The lowest BCUT2D eigenvalue weighted by Crippen LogP contribution is -2.19. The second-order valence-corrected chi connectivity index (χ2v) is 18.5. The van der Waals surface area contributed by atoms with Gasteiger partial charge in [0.15, 0.2) is 5.79 Å². The summed E-state index contributed by atoms with van der Waals surface area (Å²) < 4.78 is 106. The van der Waals surface area contributed by atoms with Gasteiger partial charge in [0.1, 0.15) is 35.2 Å². The molecule has 0 saturated carbocycles. The maximum atomic E-state index is 13.1. The van der Waals surface area contributed by atoms with Crippen molar-refractivity contribution in [1.82, 2.24) is 9.13 Å². The summed E-state index contributed by atoms with van der Waals surface area (Å²) in [5.74, 6) is 0.161. The first-order valence-corrected chi connectivity index (χ1v) is 23.9. The molecule has 4 atom stereocenters. The van der Waals surface area contributed by atoms with Crippen LogP contribution in [0.3, 0.4) is 0 Å². The molecule has 8 aromatic rings. The van der Waals surface area contributed by atoms with E-state index in [2.05, 4.69) is 0 Å². The van der Waals surface area contributed by atoms with E-state index in [0.717, 1.165) is 58.0 Å². The number of ether oxygens (including phenoxy) is 4. The second kappa shape index (κ2) is 22.8. The van der Waals surface area contributed by atoms with E-state index in [1.807, 2.05) is 53.4 Å². The Kier molecular flexibility index (Phi) is 16.4. The number of nitrogens with zero attached hydrogens (tertiary/aromatic N) is 4. The van der Waals surface area contributed by atoms with Crippen LogP contribution in [0.2, 0.25) is 0 Å². The molecule has 1 unspecified atom stereocenters.